The number of hydrogen-bond acceptors (Lipinski definition) is 7. The molecule has 0 aliphatic carbocycles. The van der Waals surface area contributed by atoms with Gasteiger partial charge in [-0.1, -0.05) is 19.9 Å². The van der Waals surface area contributed by atoms with Crippen molar-refractivity contribution < 1.29 is 28.3 Å². The highest BCUT2D eigenvalue weighted by atomic mass is 16.7. The van der Waals surface area contributed by atoms with Crippen LogP contribution in [0.25, 0.3) is 22.2 Å². The summed E-state index contributed by atoms with van der Waals surface area (Å²) in [6.45, 7) is 17.5. The van der Waals surface area contributed by atoms with Crippen LogP contribution >= 0.6 is 0 Å². The Balaban J connectivity index is 1.75. The molecule has 0 spiro atoms. The maximum atomic E-state index is 11.7. The van der Waals surface area contributed by atoms with E-state index in [1.165, 1.54) is 6.92 Å². The molecule has 5 rings (SSSR count). The van der Waals surface area contributed by atoms with Gasteiger partial charge in [-0.2, -0.15) is 0 Å². The van der Waals surface area contributed by atoms with Crippen molar-refractivity contribution >= 4 is 29.5 Å². The third-order valence-corrected chi connectivity index (χ3v) is 8.50. The molecule has 2 aliphatic heterocycles. The van der Waals surface area contributed by atoms with Gasteiger partial charge in [-0.15, -0.1) is 0 Å². The minimum atomic E-state index is -0.521. The van der Waals surface area contributed by atoms with Crippen LogP contribution in [0.4, 0.5) is 0 Å². The number of carbonyl (C=O) groups is 1. The minimum Gasteiger partial charge on any atom is -0.490 e. The van der Waals surface area contributed by atoms with E-state index in [-0.39, 0.29) is 17.5 Å². The summed E-state index contributed by atoms with van der Waals surface area (Å²) in [6, 6.07) is 8.32. The number of benzene rings is 1. The van der Waals surface area contributed by atoms with E-state index in [0.717, 1.165) is 44.6 Å². The van der Waals surface area contributed by atoms with Gasteiger partial charge in [0.25, 0.3) is 0 Å². The number of carbonyl (C=O) groups excluding carboxylic acids is 1. The van der Waals surface area contributed by atoms with Gasteiger partial charge in [0, 0.05) is 36.6 Å². The molecule has 1 aromatic carbocycles. The lowest BCUT2D eigenvalue weighted by atomic mass is 9.77. The summed E-state index contributed by atoms with van der Waals surface area (Å²) in [5.74, 6) is 0.528. The monoisotopic (exact) mass is 548 g/mol. The molecule has 1 atom stereocenters. The fourth-order valence-corrected chi connectivity index (χ4v) is 5.60. The maximum absolute atomic E-state index is 11.7. The summed E-state index contributed by atoms with van der Waals surface area (Å²) in [6.07, 6.45) is 2.28. The van der Waals surface area contributed by atoms with Gasteiger partial charge >= 0.3 is 13.1 Å². The van der Waals surface area contributed by atoms with E-state index in [9.17, 15) is 4.79 Å². The van der Waals surface area contributed by atoms with E-state index in [2.05, 4.69) is 64.3 Å². The Kier molecular flexibility index (Phi) is 7.30. The maximum Gasteiger partial charge on any atom is 0.494 e. The van der Waals surface area contributed by atoms with E-state index >= 15 is 0 Å². The highest BCUT2D eigenvalue weighted by molar-refractivity contribution is 6.62. The molecule has 0 radical (unpaired) electrons. The number of aromatic nitrogens is 2. The van der Waals surface area contributed by atoms with Crippen LogP contribution in [0, 0.1) is 5.41 Å². The Morgan fingerprint density at radius 1 is 1.20 bits per heavy atom. The lowest BCUT2D eigenvalue weighted by molar-refractivity contribution is -0.143. The minimum absolute atomic E-state index is 0.191. The number of ether oxygens (including phenoxy) is 3. The predicted molar refractivity (Wildman–Crippen MR) is 156 cm³/mol. The standard InChI is InChI=1S/C31H41BN2O6/c1-19(36-9)26-22(11-10-12-33-26)27-24(17-29(3,4)18-38-20(2)35)23-15-21(16-25-28(23)34(27)13-14-37-25)32-39-30(5,6)31(7,8)40-32/h10-12,15-16,19H,13-14,17-18H2,1-9H3/t19-/m0/s1. The molecule has 4 heterocycles. The number of hydrogen-bond donors (Lipinski definition) is 0. The first-order chi connectivity index (χ1) is 18.7. The second kappa shape index (κ2) is 10.2. The molecule has 9 heteroatoms. The fraction of sp³-hybridized carbons (Fsp3) is 0.548. The van der Waals surface area contributed by atoms with Gasteiger partial charge in [0.1, 0.15) is 12.4 Å². The van der Waals surface area contributed by atoms with Crippen LogP contribution in [0.15, 0.2) is 30.5 Å². The van der Waals surface area contributed by atoms with E-state index in [4.69, 9.17) is 28.5 Å². The number of esters is 1. The lowest BCUT2D eigenvalue weighted by Gasteiger charge is -2.32. The van der Waals surface area contributed by atoms with Gasteiger partial charge in [-0.05, 0) is 70.3 Å². The molecular formula is C31H41BN2O6. The Bertz CT molecular complexity index is 1430. The van der Waals surface area contributed by atoms with Crippen LogP contribution in [0.2, 0.25) is 0 Å². The van der Waals surface area contributed by atoms with Crippen molar-refractivity contribution in [2.24, 2.45) is 5.41 Å². The summed E-state index contributed by atoms with van der Waals surface area (Å²) in [4.78, 5) is 16.4. The smallest absolute Gasteiger partial charge is 0.490 e. The molecule has 214 valence electrons. The van der Waals surface area contributed by atoms with E-state index in [1.807, 2.05) is 19.2 Å². The van der Waals surface area contributed by atoms with Gasteiger partial charge in [-0.3, -0.25) is 9.78 Å². The summed E-state index contributed by atoms with van der Waals surface area (Å²) < 4.78 is 32.7. The molecule has 3 aromatic rings. The Morgan fingerprint density at radius 2 is 1.90 bits per heavy atom. The topological polar surface area (TPSA) is 81.0 Å². The molecule has 1 fully saturated rings. The van der Waals surface area contributed by atoms with E-state index in [0.29, 0.717) is 26.2 Å². The predicted octanol–water partition coefficient (Wildman–Crippen LogP) is 5.23. The van der Waals surface area contributed by atoms with Gasteiger partial charge in [-0.25, -0.2) is 0 Å². The SMILES string of the molecule is CO[C@@H](C)c1ncccc1-c1c(CC(C)(C)COC(C)=O)c2cc(B3OC(C)(C)C(C)(C)O3)cc3c2n1CCO3. The first-order valence-corrected chi connectivity index (χ1v) is 14.0. The highest BCUT2D eigenvalue weighted by Gasteiger charge is 2.52. The molecule has 40 heavy (non-hydrogen) atoms. The Morgan fingerprint density at radius 3 is 2.55 bits per heavy atom. The molecule has 8 nitrogen and oxygen atoms in total. The third-order valence-electron chi connectivity index (χ3n) is 8.50. The van der Waals surface area contributed by atoms with Crippen LogP contribution < -0.4 is 10.2 Å². The summed E-state index contributed by atoms with van der Waals surface area (Å²) in [5.41, 5.74) is 4.85. The molecule has 0 N–H and O–H groups in total. The fourth-order valence-electron chi connectivity index (χ4n) is 5.60. The van der Waals surface area contributed by atoms with Crippen molar-refractivity contribution in [1.82, 2.24) is 9.55 Å². The second-order valence-electron chi connectivity index (χ2n) is 12.8. The normalized spacial score (nSPS) is 18.6. The zero-order chi connectivity index (χ0) is 29.0. The highest BCUT2D eigenvalue weighted by Crippen LogP contribution is 2.44. The van der Waals surface area contributed by atoms with Gasteiger partial charge < -0.3 is 28.1 Å². The Hall–Kier alpha value is -2.88. The van der Waals surface area contributed by atoms with E-state index < -0.39 is 18.3 Å². The molecule has 0 unspecified atom stereocenters. The quantitative estimate of drug-likeness (QED) is 0.282. The number of methoxy groups -OCH3 is 1. The first-order valence-electron chi connectivity index (χ1n) is 14.0. The zero-order valence-electron chi connectivity index (χ0n) is 25.2. The third kappa shape index (κ3) is 5.04. The zero-order valence-corrected chi connectivity index (χ0v) is 25.2. The van der Waals surface area contributed by atoms with Crippen molar-refractivity contribution in [2.45, 2.75) is 85.7 Å². The molecule has 2 aliphatic rings. The summed E-state index contributed by atoms with van der Waals surface area (Å²) >= 11 is 0. The van der Waals surface area contributed by atoms with Crippen molar-refractivity contribution in [2.75, 3.05) is 20.3 Å². The number of nitrogens with zero attached hydrogens (tertiary/aromatic N) is 2. The van der Waals surface area contributed by atoms with Crippen LogP contribution in [0.5, 0.6) is 5.75 Å². The average Bonchev–Trinajstić information content (AvgIpc) is 3.31. The number of pyridine rings is 1. The molecule has 1 saturated heterocycles. The van der Waals surface area contributed by atoms with E-state index in [1.54, 1.807) is 7.11 Å². The van der Waals surface area contributed by atoms with Crippen molar-refractivity contribution in [1.29, 1.82) is 0 Å². The average molecular weight is 548 g/mol. The van der Waals surface area contributed by atoms with Crippen LogP contribution in [0.1, 0.15) is 72.8 Å². The molecule has 0 saturated carbocycles. The largest absolute Gasteiger partial charge is 0.494 e. The van der Waals surface area contributed by atoms with Crippen molar-refractivity contribution in [3.8, 4) is 17.0 Å². The Labute approximate surface area is 237 Å². The van der Waals surface area contributed by atoms with Crippen molar-refractivity contribution in [3.63, 3.8) is 0 Å². The first kappa shape index (κ1) is 28.6. The van der Waals surface area contributed by atoms with Gasteiger partial charge in [0.15, 0.2) is 0 Å². The molecule has 0 amide bonds. The van der Waals surface area contributed by atoms with Crippen LogP contribution in [-0.4, -0.2) is 54.2 Å². The second-order valence-corrected chi connectivity index (χ2v) is 12.8. The van der Waals surface area contributed by atoms with Gasteiger partial charge in [0.05, 0.1) is 47.4 Å². The molecule has 2 aromatic heterocycles. The summed E-state index contributed by atoms with van der Waals surface area (Å²) in [5, 5.41) is 1.08. The van der Waals surface area contributed by atoms with Crippen molar-refractivity contribution in [3.05, 3.63) is 41.7 Å². The number of rotatable bonds is 8. The van der Waals surface area contributed by atoms with Gasteiger partial charge in [0.2, 0.25) is 0 Å². The molecule has 0 bridgehead atoms. The molecular weight excluding hydrogens is 507 g/mol. The summed E-state index contributed by atoms with van der Waals surface area (Å²) in [7, 11) is 1.18. The lowest BCUT2D eigenvalue weighted by Crippen LogP contribution is -2.41. The van der Waals surface area contributed by atoms with Crippen LogP contribution in [0.3, 0.4) is 0 Å². The van der Waals surface area contributed by atoms with Crippen LogP contribution in [-0.2, 0) is 36.5 Å².